The van der Waals surface area contributed by atoms with Crippen molar-refractivity contribution in [2.75, 3.05) is 0 Å². The van der Waals surface area contributed by atoms with Crippen LogP contribution in [0, 0.1) is 11.3 Å². The van der Waals surface area contributed by atoms with Crippen LogP contribution in [0.5, 0.6) is 0 Å². The molecule has 0 aliphatic rings. The molecular weight excluding hydrogens is 252 g/mol. The standard InChI is InChI=1S/C12H9ClN4O/c13-9-4-2-1-3-8(9)11(7-14)16-12(18)10-5-6-15-17-10/h1-6,11H,(H,15,17)(H,16,18). The number of amides is 1. The van der Waals surface area contributed by atoms with Crippen molar-refractivity contribution in [2.24, 2.45) is 0 Å². The number of benzene rings is 1. The summed E-state index contributed by atoms with van der Waals surface area (Å²) in [5.41, 5.74) is 0.858. The fraction of sp³-hybridized carbons (Fsp3) is 0.0833. The maximum Gasteiger partial charge on any atom is 0.270 e. The Morgan fingerprint density at radius 2 is 2.22 bits per heavy atom. The molecule has 1 atom stereocenters. The molecule has 6 heteroatoms. The summed E-state index contributed by atoms with van der Waals surface area (Å²) in [4.78, 5) is 11.8. The van der Waals surface area contributed by atoms with Crippen molar-refractivity contribution in [2.45, 2.75) is 6.04 Å². The lowest BCUT2D eigenvalue weighted by Gasteiger charge is -2.12. The highest BCUT2D eigenvalue weighted by molar-refractivity contribution is 6.31. The van der Waals surface area contributed by atoms with Crippen LogP contribution in [0.1, 0.15) is 22.1 Å². The minimum Gasteiger partial charge on any atom is -0.331 e. The highest BCUT2D eigenvalue weighted by atomic mass is 35.5. The summed E-state index contributed by atoms with van der Waals surface area (Å²) in [6, 6.07) is 9.62. The molecule has 0 bridgehead atoms. The predicted octanol–water partition coefficient (Wildman–Crippen LogP) is 2.06. The van der Waals surface area contributed by atoms with Crippen molar-refractivity contribution in [1.82, 2.24) is 15.5 Å². The van der Waals surface area contributed by atoms with Crippen molar-refractivity contribution in [3.8, 4) is 6.07 Å². The van der Waals surface area contributed by atoms with Gasteiger partial charge in [0, 0.05) is 16.8 Å². The molecule has 18 heavy (non-hydrogen) atoms. The van der Waals surface area contributed by atoms with Crippen LogP contribution in [0.2, 0.25) is 5.02 Å². The van der Waals surface area contributed by atoms with E-state index >= 15 is 0 Å². The van der Waals surface area contributed by atoms with Crippen LogP contribution < -0.4 is 5.32 Å². The van der Waals surface area contributed by atoms with Crippen LogP contribution in [0.3, 0.4) is 0 Å². The van der Waals surface area contributed by atoms with Gasteiger partial charge in [-0.05, 0) is 12.1 Å². The Bertz CT molecular complexity index is 588. The maximum atomic E-state index is 11.8. The molecule has 1 amide bonds. The second-order valence-electron chi connectivity index (χ2n) is 3.53. The molecule has 0 saturated carbocycles. The summed E-state index contributed by atoms with van der Waals surface area (Å²) in [5, 5.41) is 18.3. The first-order valence-electron chi connectivity index (χ1n) is 5.16. The fourth-order valence-corrected chi connectivity index (χ4v) is 1.72. The largest absolute Gasteiger partial charge is 0.331 e. The fourth-order valence-electron chi connectivity index (χ4n) is 1.48. The molecule has 1 unspecified atom stereocenters. The van der Waals surface area contributed by atoms with Gasteiger partial charge in [-0.15, -0.1) is 0 Å². The van der Waals surface area contributed by atoms with E-state index < -0.39 is 11.9 Å². The van der Waals surface area contributed by atoms with Crippen molar-refractivity contribution in [3.05, 3.63) is 52.8 Å². The third-order valence-electron chi connectivity index (χ3n) is 2.37. The van der Waals surface area contributed by atoms with Crippen LogP contribution in [-0.4, -0.2) is 16.1 Å². The van der Waals surface area contributed by atoms with Gasteiger partial charge >= 0.3 is 0 Å². The zero-order chi connectivity index (χ0) is 13.0. The molecule has 1 aromatic heterocycles. The molecule has 1 heterocycles. The third-order valence-corrected chi connectivity index (χ3v) is 2.71. The van der Waals surface area contributed by atoms with Gasteiger partial charge in [0.15, 0.2) is 0 Å². The van der Waals surface area contributed by atoms with E-state index in [4.69, 9.17) is 16.9 Å². The molecular formula is C12H9ClN4O. The Morgan fingerprint density at radius 1 is 1.44 bits per heavy atom. The maximum absolute atomic E-state index is 11.8. The number of aromatic amines is 1. The number of nitrogens with zero attached hydrogens (tertiary/aromatic N) is 2. The highest BCUT2D eigenvalue weighted by Crippen LogP contribution is 2.22. The van der Waals surface area contributed by atoms with Gasteiger partial charge in [0.2, 0.25) is 0 Å². The predicted molar refractivity (Wildman–Crippen MR) is 65.9 cm³/mol. The number of carbonyl (C=O) groups is 1. The molecule has 1 aromatic carbocycles. The molecule has 0 saturated heterocycles. The van der Waals surface area contributed by atoms with Gasteiger partial charge in [-0.1, -0.05) is 29.8 Å². The number of hydrogen-bond acceptors (Lipinski definition) is 3. The molecule has 2 rings (SSSR count). The lowest BCUT2D eigenvalue weighted by molar-refractivity contribution is 0.0940. The molecule has 0 spiro atoms. The van der Waals surface area contributed by atoms with E-state index in [0.29, 0.717) is 16.3 Å². The Kier molecular flexibility index (Phi) is 3.60. The van der Waals surface area contributed by atoms with Crippen molar-refractivity contribution >= 4 is 17.5 Å². The lowest BCUT2D eigenvalue weighted by Crippen LogP contribution is -2.28. The first-order chi connectivity index (χ1) is 8.72. The van der Waals surface area contributed by atoms with Crippen molar-refractivity contribution in [3.63, 3.8) is 0 Å². The van der Waals surface area contributed by atoms with E-state index in [1.807, 2.05) is 6.07 Å². The Labute approximate surface area is 108 Å². The normalized spacial score (nSPS) is 11.6. The van der Waals surface area contributed by atoms with Gasteiger partial charge in [0.25, 0.3) is 5.91 Å². The summed E-state index contributed by atoms with van der Waals surface area (Å²) < 4.78 is 0. The van der Waals surface area contributed by atoms with Crippen molar-refractivity contribution < 1.29 is 4.79 Å². The van der Waals surface area contributed by atoms with Gasteiger partial charge in [-0.2, -0.15) is 10.4 Å². The number of H-pyrrole nitrogens is 1. The van der Waals surface area contributed by atoms with Crippen LogP contribution in [0.4, 0.5) is 0 Å². The molecule has 2 N–H and O–H groups in total. The van der Waals surface area contributed by atoms with Gasteiger partial charge in [-0.25, -0.2) is 0 Å². The minimum absolute atomic E-state index is 0.294. The van der Waals surface area contributed by atoms with Crippen molar-refractivity contribution in [1.29, 1.82) is 5.26 Å². The van der Waals surface area contributed by atoms with Gasteiger partial charge < -0.3 is 5.32 Å². The minimum atomic E-state index is -0.797. The Morgan fingerprint density at radius 3 is 2.83 bits per heavy atom. The second kappa shape index (κ2) is 5.34. The number of carbonyl (C=O) groups excluding carboxylic acids is 1. The summed E-state index contributed by atoms with van der Waals surface area (Å²) in [7, 11) is 0. The summed E-state index contributed by atoms with van der Waals surface area (Å²) >= 11 is 5.98. The number of rotatable bonds is 3. The van der Waals surface area contributed by atoms with E-state index in [2.05, 4.69) is 15.5 Å². The molecule has 0 fully saturated rings. The quantitative estimate of drug-likeness (QED) is 0.886. The monoisotopic (exact) mass is 260 g/mol. The number of nitriles is 1. The van der Waals surface area contributed by atoms with Crippen LogP contribution in [-0.2, 0) is 0 Å². The molecule has 0 aliphatic heterocycles. The lowest BCUT2D eigenvalue weighted by atomic mass is 10.1. The number of aromatic nitrogens is 2. The smallest absolute Gasteiger partial charge is 0.270 e. The molecule has 2 aromatic rings. The number of nitrogens with one attached hydrogen (secondary N) is 2. The van der Waals surface area contributed by atoms with Crippen LogP contribution >= 0.6 is 11.6 Å². The number of hydrogen-bond donors (Lipinski definition) is 2. The Balaban J connectivity index is 2.19. The van der Waals surface area contributed by atoms with Crippen LogP contribution in [0.15, 0.2) is 36.5 Å². The zero-order valence-corrected chi connectivity index (χ0v) is 9.98. The van der Waals surface area contributed by atoms with Gasteiger partial charge in [-0.3, -0.25) is 9.89 Å². The number of halogens is 1. The molecule has 0 aliphatic carbocycles. The van der Waals surface area contributed by atoms with E-state index in [1.165, 1.54) is 12.3 Å². The first kappa shape index (κ1) is 12.1. The highest BCUT2D eigenvalue weighted by Gasteiger charge is 2.17. The molecule has 0 radical (unpaired) electrons. The average molecular weight is 261 g/mol. The van der Waals surface area contributed by atoms with E-state index in [9.17, 15) is 4.79 Å². The van der Waals surface area contributed by atoms with E-state index in [0.717, 1.165) is 0 Å². The zero-order valence-electron chi connectivity index (χ0n) is 9.22. The van der Waals surface area contributed by atoms with Gasteiger partial charge in [0.05, 0.1) is 6.07 Å². The topological polar surface area (TPSA) is 81.6 Å². The van der Waals surface area contributed by atoms with E-state index in [-0.39, 0.29) is 0 Å². The van der Waals surface area contributed by atoms with Crippen LogP contribution in [0.25, 0.3) is 0 Å². The SMILES string of the molecule is N#CC(NC(=O)c1ccn[nH]1)c1ccccc1Cl. The molecule has 90 valence electrons. The summed E-state index contributed by atoms with van der Waals surface area (Å²) in [5.74, 6) is -0.404. The van der Waals surface area contributed by atoms with Gasteiger partial charge in [0.1, 0.15) is 11.7 Å². The third kappa shape index (κ3) is 2.50. The second-order valence-corrected chi connectivity index (χ2v) is 3.93. The Hall–Kier alpha value is -2.32. The van der Waals surface area contributed by atoms with E-state index in [1.54, 1.807) is 24.3 Å². The first-order valence-corrected chi connectivity index (χ1v) is 5.54. The summed E-state index contributed by atoms with van der Waals surface area (Å²) in [6.07, 6.45) is 1.46. The molecule has 5 nitrogen and oxygen atoms in total. The average Bonchev–Trinajstić information content (AvgIpc) is 2.90. The summed E-state index contributed by atoms with van der Waals surface area (Å²) in [6.45, 7) is 0.